The summed E-state index contributed by atoms with van der Waals surface area (Å²) < 4.78 is 22.3. The maximum Gasteiger partial charge on any atom is 0.146 e. The Labute approximate surface area is 65.9 Å². The van der Waals surface area contributed by atoms with Gasteiger partial charge in [0.25, 0.3) is 0 Å². The summed E-state index contributed by atoms with van der Waals surface area (Å²) >= 11 is 0. The standard InChI is InChI=1S/C6H10BFO3/c1-10-2-3-5(9)4(8)6(7)11-3/h3-6,9H,2H2,1H3/t3-,4+,5?,6-/m1/s1. The van der Waals surface area contributed by atoms with Gasteiger partial charge in [0.2, 0.25) is 0 Å². The molecule has 0 aromatic heterocycles. The zero-order valence-corrected chi connectivity index (χ0v) is 6.24. The zero-order chi connectivity index (χ0) is 8.43. The third-order valence-electron chi connectivity index (χ3n) is 1.68. The van der Waals surface area contributed by atoms with E-state index in [1.807, 2.05) is 0 Å². The third kappa shape index (κ3) is 1.72. The molecule has 1 N–H and O–H groups in total. The largest absolute Gasteiger partial charge is 0.387 e. The van der Waals surface area contributed by atoms with E-state index in [2.05, 4.69) is 4.74 Å². The minimum Gasteiger partial charge on any atom is -0.387 e. The van der Waals surface area contributed by atoms with Crippen LogP contribution in [0, 0.1) is 0 Å². The zero-order valence-electron chi connectivity index (χ0n) is 6.24. The molecule has 4 atom stereocenters. The Hall–Kier alpha value is -0.125. The molecule has 1 heterocycles. The van der Waals surface area contributed by atoms with Crippen molar-refractivity contribution in [2.75, 3.05) is 13.7 Å². The molecule has 3 nitrogen and oxygen atoms in total. The molecule has 2 radical (unpaired) electrons. The van der Waals surface area contributed by atoms with Crippen molar-refractivity contribution in [3.05, 3.63) is 0 Å². The summed E-state index contributed by atoms with van der Waals surface area (Å²) in [6.07, 6.45) is -3.30. The maximum atomic E-state index is 12.7. The highest BCUT2D eigenvalue weighted by Gasteiger charge is 2.40. The van der Waals surface area contributed by atoms with Crippen molar-refractivity contribution in [2.24, 2.45) is 0 Å². The van der Waals surface area contributed by atoms with Crippen LogP contribution in [0.15, 0.2) is 0 Å². The Morgan fingerprint density at radius 1 is 1.73 bits per heavy atom. The second-order valence-corrected chi connectivity index (χ2v) is 2.53. The Bertz CT molecular complexity index is 135. The summed E-state index contributed by atoms with van der Waals surface area (Å²) in [4.78, 5) is 0. The Balaban J connectivity index is 2.45. The fourth-order valence-electron chi connectivity index (χ4n) is 1.06. The molecule has 0 aromatic carbocycles. The molecule has 62 valence electrons. The van der Waals surface area contributed by atoms with Gasteiger partial charge in [0.05, 0.1) is 12.6 Å². The van der Waals surface area contributed by atoms with E-state index in [0.29, 0.717) is 0 Å². The summed E-state index contributed by atoms with van der Waals surface area (Å²) in [5.74, 6) is 0. The Morgan fingerprint density at radius 2 is 2.36 bits per heavy atom. The van der Waals surface area contributed by atoms with Gasteiger partial charge in [-0.3, -0.25) is 0 Å². The first-order chi connectivity index (χ1) is 5.16. The second kappa shape index (κ2) is 3.52. The van der Waals surface area contributed by atoms with E-state index in [4.69, 9.17) is 17.7 Å². The fraction of sp³-hybridized carbons (Fsp3) is 1.00. The Kier molecular flexibility index (Phi) is 2.87. The summed E-state index contributed by atoms with van der Waals surface area (Å²) in [5, 5.41) is 9.10. The van der Waals surface area contributed by atoms with Crippen molar-refractivity contribution < 1.29 is 19.0 Å². The van der Waals surface area contributed by atoms with E-state index in [-0.39, 0.29) is 6.61 Å². The summed E-state index contributed by atoms with van der Waals surface area (Å²) in [6, 6.07) is -1.02. The molecule has 0 aliphatic carbocycles. The van der Waals surface area contributed by atoms with Crippen molar-refractivity contribution in [3.63, 3.8) is 0 Å². The number of ether oxygens (including phenoxy) is 2. The molecule has 1 saturated heterocycles. The van der Waals surface area contributed by atoms with Crippen LogP contribution in [0.4, 0.5) is 4.39 Å². The van der Waals surface area contributed by atoms with Crippen molar-refractivity contribution in [3.8, 4) is 0 Å². The number of hydrogen-bond donors (Lipinski definition) is 1. The van der Waals surface area contributed by atoms with Gasteiger partial charge in [-0.1, -0.05) is 0 Å². The van der Waals surface area contributed by atoms with Crippen molar-refractivity contribution in [1.82, 2.24) is 0 Å². The molecule has 1 aliphatic rings. The first-order valence-corrected chi connectivity index (χ1v) is 3.39. The van der Waals surface area contributed by atoms with E-state index in [0.717, 1.165) is 0 Å². The highest BCUT2D eigenvalue weighted by Crippen LogP contribution is 2.21. The normalized spacial score (nSPS) is 44.6. The molecule has 11 heavy (non-hydrogen) atoms. The number of halogens is 1. The topological polar surface area (TPSA) is 38.7 Å². The molecule has 0 amide bonds. The van der Waals surface area contributed by atoms with Gasteiger partial charge < -0.3 is 14.6 Å². The predicted octanol–water partition coefficient (Wildman–Crippen LogP) is -0.775. The van der Waals surface area contributed by atoms with Gasteiger partial charge in [-0.2, -0.15) is 0 Å². The smallest absolute Gasteiger partial charge is 0.146 e. The third-order valence-corrected chi connectivity index (χ3v) is 1.68. The van der Waals surface area contributed by atoms with Gasteiger partial charge in [0.1, 0.15) is 26.2 Å². The van der Waals surface area contributed by atoms with Crippen LogP contribution in [0.25, 0.3) is 0 Å². The number of alkyl halides is 1. The predicted molar refractivity (Wildman–Crippen MR) is 37.2 cm³/mol. The van der Waals surface area contributed by atoms with Gasteiger partial charge in [-0.05, 0) is 0 Å². The lowest BCUT2D eigenvalue weighted by atomic mass is 9.94. The second-order valence-electron chi connectivity index (χ2n) is 2.53. The molecular formula is C6H10BFO3. The van der Waals surface area contributed by atoms with Crippen molar-refractivity contribution >= 4 is 7.85 Å². The van der Waals surface area contributed by atoms with Crippen LogP contribution in [0.2, 0.25) is 0 Å². The molecule has 1 fully saturated rings. The summed E-state index contributed by atoms with van der Waals surface area (Å²) in [7, 11) is 6.63. The van der Waals surface area contributed by atoms with E-state index in [1.165, 1.54) is 7.11 Å². The number of aliphatic hydroxyl groups is 1. The number of hydrogen-bond acceptors (Lipinski definition) is 3. The monoisotopic (exact) mass is 160 g/mol. The van der Waals surface area contributed by atoms with Crippen LogP contribution in [0.1, 0.15) is 0 Å². The summed E-state index contributed by atoms with van der Waals surface area (Å²) in [6.45, 7) is 0.162. The average Bonchev–Trinajstić information content (AvgIpc) is 2.19. The lowest BCUT2D eigenvalue weighted by molar-refractivity contribution is -0.0187. The molecule has 0 aromatic rings. The van der Waals surface area contributed by atoms with Crippen LogP contribution >= 0.6 is 0 Å². The molecule has 5 heteroatoms. The van der Waals surface area contributed by atoms with E-state index in [9.17, 15) is 4.39 Å². The highest BCUT2D eigenvalue weighted by atomic mass is 19.1. The molecule has 0 spiro atoms. The molecular weight excluding hydrogens is 150 g/mol. The molecule has 0 bridgehead atoms. The first kappa shape index (κ1) is 8.97. The minimum atomic E-state index is -1.50. The molecule has 1 unspecified atom stereocenters. The lowest BCUT2D eigenvalue weighted by Gasteiger charge is -2.11. The number of rotatable bonds is 2. The van der Waals surface area contributed by atoms with Crippen LogP contribution in [-0.4, -0.2) is 51.1 Å². The number of methoxy groups -OCH3 is 1. The maximum absolute atomic E-state index is 12.7. The molecule has 1 rings (SSSR count). The molecule has 1 aliphatic heterocycles. The average molecular weight is 160 g/mol. The highest BCUT2D eigenvalue weighted by molar-refractivity contribution is 6.11. The van der Waals surface area contributed by atoms with E-state index < -0.39 is 24.4 Å². The van der Waals surface area contributed by atoms with Crippen LogP contribution < -0.4 is 0 Å². The summed E-state index contributed by atoms with van der Waals surface area (Å²) in [5.41, 5.74) is 0. The van der Waals surface area contributed by atoms with Gasteiger partial charge >= 0.3 is 0 Å². The quantitative estimate of drug-likeness (QED) is 0.538. The Morgan fingerprint density at radius 3 is 2.73 bits per heavy atom. The van der Waals surface area contributed by atoms with E-state index >= 15 is 0 Å². The first-order valence-electron chi connectivity index (χ1n) is 3.39. The van der Waals surface area contributed by atoms with Crippen LogP contribution in [0.5, 0.6) is 0 Å². The van der Waals surface area contributed by atoms with Crippen molar-refractivity contribution in [1.29, 1.82) is 0 Å². The van der Waals surface area contributed by atoms with Gasteiger partial charge in [-0.15, -0.1) is 0 Å². The minimum absolute atomic E-state index is 0.162. The van der Waals surface area contributed by atoms with Crippen LogP contribution in [0.3, 0.4) is 0 Å². The van der Waals surface area contributed by atoms with Crippen molar-refractivity contribution in [2.45, 2.75) is 24.4 Å². The van der Waals surface area contributed by atoms with Crippen LogP contribution in [-0.2, 0) is 9.47 Å². The SMILES string of the molecule is [B][C@@H]1O[C@H](COC)C(O)[C@@H]1F. The fourth-order valence-corrected chi connectivity index (χ4v) is 1.06. The van der Waals surface area contributed by atoms with E-state index in [1.54, 1.807) is 0 Å². The van der Waals surface area contributed by atoms with Gasteiger partial charge in [-0.25, -0.2) is 4.39 Å². The molecule has 0 saturated carbocycles. The number of aliphatic hydroxyl groups excluding tert-OH is 1. The lowest BCUT2D eigenvalue weighted by Crippen LogP contribution is -2.31. The van der Waals surface area contributed by atoms with Gasteiger partial charge in [0.15, 0.2) is 0 Å². The van der Waals surface area contributed by atoms with Gasteiger partial charge in [0, 0.05) is 7.11 Å².